The summed E-state index contributed by atoms with van der Waals surface area (Å²) >= 11 is 1.86. The van der Waals surface area contributed by atoms with Gasteiger partial charge in [0.1, 0.15) is 17.5 Å². The molecule has 26 heteroatoms. The highest BCUT2D eigenvalue weighted by Crippen LogP contribution is 2.33. The molecule has 2 aliphatic heterocycles. The summed E-state index contributed by atoms with van der Waals surface area (Å²) < 4.78 is 52.4. The smallest absolute Gasteiger partial charge is 0.315 e. The van der Waals surface area contributed by atoms with Gasteiger partial charge in [0.15, 0.2) is 15.6 Å². The standard InChI is InChI=1S/C55H69N9O9S2.C7H7NO4S/c1-37(2)33-63(75(72,73)44-16-8-4-9-17-44)35-48(66)47(31-39-23-27-43(65)28-24-39)64-34-42(61-62-64)32-57-54(70)45(30-38-21-25-41(26-22-38)53(69)40-14-6-3-7-15-40)58-51(68)20-10-5-13-29-56-50(67)19-12-11-18-49-52-46(36-74-49)59-55(71)60-52;1-13(11,12)7-4-2-6(3-5-7)8(9)10/h3-4,6-9,14-17,21-28,34,37,45-49,52,65-66H,5,10-13,18-20,29-33,35-36H2,1-2H3,(H,56,67)(H,57,70)(H,58,68)(H2,59,60,71);2-5H,1H3/t45-,46-,47-,48?,49-,52-;/m0./s1. The van der Waals surface area contributed by atoms with Crippen LogP contribution in [0.2, 0.25) is 0 Å². The molecule has 2 fully saturated rings. The van der Waals surface area contributed by atoms with Crippen LogP contribution in [0, 0.1) is 16.0 Å². The number of urea groups is 1. The number of fused-ring (bicyclic) bond motifs is 1. The Hall–Kier alpha value is -8.04. The number of aliphatic hydroxyl groups excluding tert-OH is 1. The number of aromatic nitrogens is 3. The van der Waals surface area contributed by atoms with Gasteiger partial charge in [0.2, 0.25) is 27.7 Å². The van der Waals surface area contributed by atoms with Crippen molar-refractivity contribution in [2.24, 2.45) is 5.92 Å². The molecule has 0 aliphatic carbocycles. The number of unbranched alkanes of at least 4 members (excludes halogenated alkanes) is 3. The van der Waals surface area contributed by atoms with Crippen molar-refractivity contribution < 1.29 is 55.9 Å². The van der Waals surface area contributed by atoms with Gasteiger partial charge in [0, 0.05) is 79.4 Å². The van der Waals surface area contributed by atoms with E-state index in [9.17, 15) is 61.1 Å². The van der Waals surface area contributed by atoms with Crippen molar-refractivity contribution in [1.29, 1.82) is 0 Å². The summed E-state index contributed by atoms with van der Waals surface area (Å²) in [5, 5.41) is 55.8. The maximum atomic E-state index is 14.0. The van der Waals surface area contributed by atoms with Crippen LogP contribution in [0.3, 0.4) is 0 Å². The van der Waals surface area contributed by atoms with Gasteiger partial charge >= 0.3 is 6.03 Å². The number of hydrogen-bond donors (Lipinski definition) is 7. The molecular formula is C62H76N10O13S3. The number of sulfonamides is 1. The quantitative estimate of drug-likeness (QED) is 0.00808. The zero-order chi connectivity index (χ0) is 63.4. The van der Waals surface area contributed by atoms with Crippen molar-refractivity contribution in [2.75, 3.05) is 31.6 Å². The molecule has 1 aromatic heterocycles. The predicted octanol–water partition coefficient (Wildman–Crippen LogP) is 6.45. The fraction of sp³-hybridized carbons (Fsp3) is 0.403. The van der Waals surface area contributed by atoms with Gasteiger partial charge in [-0.05, 0) is 85.5 Å². The second kappa shape index (κ2) is 32.3. The Labute approximate surface area is 517 Å². The third-order valence-electron chi connectivity index (χ3n) is 14.8. The fourth-order valence-corrected chi connectivity index (χ4v) is 14.0. The molecule has 5 amide bonds. The highest BCUT2D eigenvalue weighted by molar-refractivity contribution is 8.00. The molecule has 2 saturated heterocycles. The van der Waals surface area contributed by atoms with Crippen LogP contribution in [0.25, 0.3) is 0 Å². The Morgan fingerprint density at radius 3 is 2.05 bits per heavy atom. The Balaban J connectivity index is 0.000000752. The van der Waals surface area contributed by atoms with Gasteiger partial charge in [-0.25, -0.2) is 26.3 Å². The summed E-state index contributed by atoms with van der Waals surface area (Å²) in [6.45, 7) is 4.07. The minimum absolute atomic E-state index is 0.0125. The Morgan fingerprint density at radius 2 is 1.39 bits per heavy atom. The number of nitro groups is 1. The van der Waals surface area contributed by atoms with Gasteiger partial charge < -0.3 is 36.8 Å². The second-order valence-electron chi connectivity index (χ2n) is 22.2. The maximum absolute atomic E-state index is 14.0. The zero-order valence-electron chi connectivity index (χ0n) is 49.3. The number of carbonyl (C=O) groups excluding carboxylic acids is 5. The lowest BCUT2D eigenvalue weighted by Gasteiger charge is -2.30. The minimum atomic E-state index is -4.00. The summed E-state index contributed by atoms with van der Waals surface area (Å²) in [4.78, 5) is 74.6. The lowest BCUT2D eigenvalue weighted by molar-refractivity contribution is -0.384. The van der Waals surface area contributed by atoms with Crippen molar-refractivity contribution in [3.63, 3.8) is 0 Å². The number of phenols is 1. The largest absolute Gasteiger partial charge is 0.508 e. The molecule has 88 heavy (non-hydrogen) atoms. The van der Waals surface area contributed by atoms with E-state index >= 15 is 0 Å². The Bertz CT molecular complexity index is 3530. The number of benzene rings is 5. The third kappa shape index (κ3) is 20.3. The number of rotatable bonds is 31. The number of nitro benzene ring substituents is 1. The molecule has 23 nitrogen and oxygen atoms in total. The number of carbonyl (C=O) groups is 5. The number of phenolic OH excluding ortho intramolecular Hbond substituents is 1. The van der Waals surface area contributed by atoms with E-state index in [-0.39, 0.29) is 102 Å². The molecule has 6 aromatic rings. The molecule has 6 atom stereocenters. The van der Waals surface area contributed by atoms with Crippen molar-refractivity contribution in [3.8, 4) is 5.75 Å². The number of nitrogens with zero attached hydrogens (tertiary/aromatic N) is 5. The third-order valence-corrected chi connectivity index (χ3v) is 19.3. The molecule has 3 heterocycles. The van der Waals surface area contributed by atoms with E-state index in [1.165, 1.54) is 45.4 Å². The zero-order valence-corrected chi connectivity index (χ0v) is 51.7. The molecule has 2 aliphatic rings. The number of non-ortho nitro benzene ring substituents is 1. The fourth-order valence-electron chi connectivity index (χ4n) is 10.1. The number of ketones is 1. The van der Waals surface area contributed by atoms with Crippen molar-refractivity contribution >= 4 is 66.8 Å². The summed E-state index contributed by atoms with van der Waals surface area (Å²) in [7, 11) is -7.26. The van der Waals surface area contributed by atoms with Crippen LogP contribution in [0.5, 0.6) is 5.75 Å². The van der Waals surface area contributed by atoms with Crippen molar-refractivity contribution in [3.05, 3.63) is 178 Å². The number of aliphatic hydroxyl groups is 1. The first-order valence-electron chi connectivity index (χ1n) is 29.1. The number of amides is 5. The topological polar surface area (TPSA) is 331 Å². The summed E-state index contributed by atoms with van der Waals surface area (Å²) in [6.07, 6.45) is 6.75. The van der Waals surface area contributed by atoms with Gasteiger partial charge in [-0.3, -0.25) is 29.3 Å². The monoisotopic (exact) mass is 1260 g/mol. The minimum Gasteiger partial charge on any atom is -0.508 e. The summed E-state index contributed by atoms with van der Waals surface area (Å²) in [6, 6.07) is 33.5. The average molecular weight is 1270 g/mol. The van der Waals surface area contributed by atoms with E-state index in [0.717, 1.165) is 49.0 Å². The number of hydrogen-bond acceptors (Lipinski definition) is 16. The number of aromatic hydroxyl groups is 1. The molecule has 0 bridgehead atoms. The van der Waals surface area contributed by atoms with Gasteiger partial charge in [0.05, 0.1) is 51.7 Å². The van der Waals surface area contributed by atoms with Gasteiger partial charge in [0.25, 0.3) is 5.69 Å². The molecule has 8 rings (SSSR count). The normalized spacial score (nSPS) is 16.5. The van der Waals surface area contributed by atoms with E-state index in [2.05, 4.69) is 36.9 Å². The first kappa shape index (κ1) is 67.5. The highest BCUT2D eigenvalue weighted by atomic mass is 32.2. The molecule has 470 valence electrons. The van der Waals surface area contributed by atoms with E-state index in [0.29, 0.717) is 59.9 Å². The highest BCUT2D eigenvalue weighted by Gasteiger charge is 2.42. The van der Waals surface area contributed by atoms with E-state index in [4.69, 9.17) is 0 Å². The summed E-state index contributed by atoms with van der Waals surface area (Å²) in [5.74, 6) is -0.0696. The van der Waals surface area contributed by atoms with Gasteiger partial charge in [-0.15, -0.1) is 5.10 Å². The van der Waals surface area contributed by atoms with Crippen LogP contribution in [0.4, 0.5) is 10.5 Å². The van der Waals surface area contributed by atoms with Crippen LogP contribution >= 0.6 is 11.8 Å². The van der Waals surface area contributed by atoms with E-state index in [1.807, 2.05) is 31.7 Å². The van der Waals surface area contributed by atoms with Crippen LogP contribution in [-0.4, -0.2) is 142 Å². The SMILES string of the molecule is CC(C)CN(CC(O)[C@H](Cc1ccc(O)cc1)n1cc(CNC(=O)[C@H](Cc2ccc(C(=O)c3ccccc3)cc2)NC(=O)CCCCCNC(=O)CCCC[C@@H]2SC[C@@H]3NC(=O)N[C@@H]32)nn1)S(=O)(=O)c1ccccc1.CS(=O)(=O)c1ccc([N+](=O)[O-])cc1. The first-order chi connectivity index (χ1) is 42.0. The Kier molecular flexibility index (Phi) is 24.7. The van der Waals surface area contributed by atoms with Crippen molar-refractivity contribution in [2.45, 2.75) is 130 Å². The molecule has 7 N–H and O–H groups in total. The second-order valence-corrected chi connectivity index (χ2v) is 27.4. The van der Waals surface area contributed by atoms with Crippen LogP contribution in [-0.2, 0) is 53.6 Å². The Morgan fingerprint density at radius 1 is 0.761 bits per heavy atom. The lowest BCUT2D eigenvalue weighted by Crippen LogP contribution is -2.47. The molecule has 0 saturated carbocycles. The number of thioether (sulfide) groups is 1. The van der Waals surface area contributed by atoms with Gasteiger partial charge in [-0.2, -0.15) is 16.1 Å². The molecule has 5 aromatic carbocycles. The predicted molar refractivity (Wildman–Crippen MR) is 332 cm³/mol. The summed E-state index contributed by atoms with van der Waals surface area (Å²) in [5.41, 5.74) is 2.68. The number of nitrogens with one attached hydrogen (secondary N) is 5. The van der Waals surface area contributed by atoms with E-state index < -0.39 is 48.9 Å². The average Bonchev–Trinajstić information content (AvgIpc) is 4.45. The molecule has 1 unspecified atom stereocenters. The van der Waals surface area contributed by atoms with Crippen LogP contribution in [0.1, 0.15) is 104 Å². The first-order valence-corrected chi connectivity index (χ1v) is 33.5. The van der Waals surface area contributed by atoms with Crippen LogP contribution in [0.15, 0.2) is 149 Å². The number of sulfone groups is 1. The molecule has 0 radical (unpaired) electrons. The molecule has 0 spiro atoms. The van der Waals surface area contributed by atoms with Gasteiger partial charge in [-0.1, -0.05) is 117 Å². The maximum Gasteiger partial charge on any atom is 0.315 e. The van der Waals surface area contributed by atoms with E-state index in [1.54, 1.807) is 85.1 Å². The van der Waals surface area contributed by atoms with Crippen LogP contribution < -0.4 is 26.6 Å². The van der Waals surface area contributed by atoms with Crippen molar-refractivity contribution in [1.82, 2.24) is 45.9 Å². The molecular weight excluding hydrogens is 1190 g/mol. The lowest BCUT2D eigenvalue weighted by atomic mass is 9.99.